The second kappa shape index (κ2) is 13.6. The second-order valence-electron chi connectivity index (χ2n) is 2.94. The van der Waals surface area contributed by atoms with Crippen LogP contribution >= 0.6 is 0 Å². The molecule has 0 aromatic heterocycles. The van der Waals surface area contributed by atoms with Gasteiger partial charge in [-0.3, -0.25) is 0 Å². The minimum atomic E-state index is -1.75. The van der Waals surface area contributed by atoms with Crippen LogP contribution in [0.2, 0.25) is 7.86 Å². The molecular formula is C6H10Hg2N2O8-2. The van der Waals surface area contributed by atoms with Crippen LogP contribution < -0.4 is 0 Å². The fourth-order valence-corrected chi connectivity index (χ4v) is 3.51. The molecule has 1 saturated heterocycles. The van der Waals surface area contributed by atoms with E-state index in [0.29, 0.717) is 12.2 Å². The Labute approximate surface area is 135 Å². The molecule has 2 unspecified atom stereocenters. The summed E-state index contributed by atoms with van der Waals surface area (Å²) in [4.78, 5) is 16.5. The first-order chi connectivity index (χ1) is 8.33. The summed E-state index contributed by atoms with van der Waals surface area (Å²) in [6, 6.07) is 0. The summed E-state index contributed by atoms with van der Waals surface area (Å²) < 4.78 is 13.7. The van der Waals surface area contributed by atoms with Crippen molar-refractivity contribution in [3.05, 3.63) is 30.6 Å². The van der Waals surface area contributed by atoms with Crippen molar-refractivity contribution in [1.29, 1.82) is 0 Å². The molecule has 0 aromatic carbocycles. The minimum absolute atomic E-state index is 0.458. The molecule has 1 heterocycles. The predicted molar refractivity (Wildman–Crippen MR) is 49.8 cm³/mol. The molecule has 0 aromatic rings. The molecule has 1 rings (SSSR count). The molecule has 0 radical (unpaired) electrons. The average Bonchev–Trinajstić information content (AvgIpc) is 2.28. The maximum atomic E-state index is 8.25. The Morgan fingerprint density at radius 2 is 1.11 bits per heavy atom. The summed E-state index contributed by atoms with van der Waals surface area (Å²) in [5, 5.41) is 29.5. The number of nitrogens with zero attached hydrogens (tertiary/aromatic N) is 2. The van der Waals surface area contributed by atoms with Gasteiger partial charge in [-0.15, -0.1) is 0 Å². The Morgan fingerprint density at radius 3 is 1.22 bits per heavy atom. The molecule has 1 aliphatic heterocycles. The zero-order chi connectivity index (χ0) is 14.6. The average molecular weight is 639 g/mol. The number of rotatable bonds is 2. The zero-order valence-electron chi connectivity index (χ0n) is 9.56. The van der Waals surface area contributed by atoms with Crippen molar-refractivity contribution in [2.45, 2.75) is 20.1 Å². The standard InChI is InChI=1S/C6H10O2.2Hg.2NO3/c1-5-3-8-6(2)4-7-5;;;2*2-1(3)4/h5-6H,1-4H2;;;;/q;;;2*-1. The number of hydrogen-bond donors (Lipinski definition) is 0. The first-order valence-corrected chi connectivity index (χ1v) is 12.6. The van der Waals surface area contributed by atoms with E-state index in [1.165, 1.54) is 7.86 Å². The molecule has 2 atom stereocenters. The van der Waals surface area contributed by atoms with Gasteiger partial charge in [0, 0.05) is 0 Å². The van der Waals surface area contributed by atoms with Gasteiger partial charge in [0.15, 0.2) is 0 Å². The van der Waals surface area contributed by atoms with Gasteiger partial charge in [-0.05, 0) is 0 Å². The molecule has 10 nitrogen and oxygen atoms in total. The molecule has 0 amide bonds. The van der Waals surface area contributed by atoms with Crippen molar-refractivity contribution in [1.82, 2.24) is 0 Å². The third-order valence-corrected chi connectivity index (χ3v) is 6.69. The predicted octanol–water partition coefficient (Wildman–Crippen LogP) is 0.222. The fourth-order valence-electron chi connectivity index (χ4n) is 0.916. The fraction of sp³-hybridized carbons (Fsp3) is 1.00. The van der Waals surface area contributed by atoms with Crippen molar-refractivity contribution in [3.8, 4) is 0 Å². The Hall–Kier alpha value is 0.190. The molecule has 0 aliphatic carbocycles. The Bertz CT molecular complexity index is 204. The van der Waals surface area contributed by atoms with Crippen LogP contribution in [0.15, 0.2) is 0 Å². The van der Waals surface area contributed by atoms with Crippen molar-refractivity contribution in [2.24, 2.45) is 0 Å². The normalized spacial score (nSPS) is 21.8. The van der Waals surface area contributed by atoms with Gasteiger partial charge in [-0.25, -0.2) is 0 Å². The summed E-state index contributed by atoms with van der Waals surface area (Å²) >= 11 is 1.74. The van der Waals surface area contributed by atoms with Crippen LogP contribution in [0.1, 0.15) is 0 Å². The van der Waals surface area contributed by atoms with Crippen LogP contribution in [0.3, 0.4) is 0 Å². The van der Waals surface area contributed by atoms with Crippen molar-refractivity contribution in [3.63, 3.8) is 0 Å². The monoisotopic (exact) mass is 642 g/mol. The van der Waals surface area contributed by atoms with E-state index in [9.17, 15) is 0 Å². The Kier molecular flexibility index (Phi) is 15.5. The van der Waals surface area contributed by atoms with E-state index >= 15 is 0 Å². The van der Waals surface area contributed by atoms with Gasteiger partial charge in [0.05, 0.1) is 10.2 Å². The van der Waals surface area contributed by atoms with Crippen molar-refractivity contribution < 1.29 is 71.9 Å². The zero-order valence-corrected chi connectivity index (χ0v) is 20.6. The molecule has 0 saturated carbocycles. The van der Waals surface area contributed by atoms with Gasteiger partial charge in [-0.1, -0.05) is 0 Å². The van der Waals surface area contributed by atoms with Crippen LogP contribution in [-0.4, -0.2) is 35.6 Å². The van der Waals surface area contributed by atoms with E-state index < -0.39 is 10.2 Å². The van der Waals surface area contributed by atoms with Crippen LogP contribution in [0.5, 0.6) is 0 Å². The second-order valence-corrected chi connectivity index (χ2v) is 7.42. The molecule has 18 heavy (non-hydrogen) atoms. The number of hydrogen-bond acceptors (Lipinski definition) is 8. The molecule has 1 fully saturated rings. The van der Waals surface area contributed by atoms with Crippen molar-refractivity contribution >= 4 is 0 Å². The van der Waals surface area contributed by atoms with Crippen LogP contribution in [0.25, 0.3) is 0 Å². The van der Waals surface area contributed by atoms with E-state index in [-0.39, 0.29) is 0 Å². The third-order valence-electron chi connectivity index (χ3n) is 1.68. The Morgan fingerprint density at radius 1 is 0.889 bits per heavy atom. The summed E-state index contributed by atoms with van der Waals surface area (Å²) in [5.74, 6) is 0. The maximum absolute atomic E-state index is 8.25. The number of ether oxygens (including phenoxy) is 2. The van der Waals surface area contributed by atoms with Crippen LogP contribution in [0, 0.1) is 30.6 Å². The molecule has 98 valence electrons. The van der Waals surface area contributed by atoms with Gasteiger partial charge in [-0.2, -0.15) is 0 Å². The molecule has 0 spiro atoms. The first kappa shape index (κ1) is 20.5. The van der Waals surface area contributed by atoms with Crippen LogP contribution in [0.4, 0.5) is 0 Å². The van der Waals surface area contributed by atoms with Crippen molar-refractivity contribution in [2.75, 3.05) is 13.2 Å². The van der Waals surface area contributed by atoms with E-state index in [4.69, 9.17) is 40.1 Å². The van der Waals surface area contributed by atoms with Gasteiger partial charge in [0.1, 0.15) is 0 Å². The van der Waals surface area contributed by atoms with Crippen LogP contribution in [-0.2, 0) is 61.7 Å². The van der Waals surface area contributed by atoms with E-state index in [0.717, 1.165) is 65.5 Å². The first-order valence-electron chi connectivity index (χ1n) is 4.78. The van der Waals surface area contributed by atoms with Gasteiger partial charge in [0.25, 0.3) is 0 Å². The summed E-state index contributed by atoms with van der Waals surface area (Å²) in [6.07, 6.45) is 0.916. The van der Waals surface area contributed by atoms with Gasteiger partial charge < -0.3 is 30.6 Å². The Balaban J connectivity index is 0. The van der Waals surface area contributed by atoms with Gasteiger partial charge >= 0.3 is 95.0 Å². The molecule has 1 aliphatic rings. The third kappa shape index (κ3) is 18.6. The topological polar surface area (TPSA) is 151 Å². The van der Waals surface area contributed by atoms with E-state index in [2.05, 4.69) is 0 Å². The molecule has 0 N–H and O–H groups in total. The van der Waals surface area contributed by atoms with Gasteiger partial charge in [0.2, 0.25) is 0 Å². The molecule has 12 heteroatoms. The molecule has 0 bridgehead atoms. The molecular weight excluding hydrogens is 629 g/mol. The SMILES string of the molecule is O=[N+]([O-])[O-].O=[N+]([O-])[O-].[Hg][CH2]C1COC([CH2][Hg])CO1. The quantitative estimate of drug-likeness (QED) is 0.237. The summed E-state index contributed by atoms with van der Waals surface area (Å²) in [5.41, 5.74) is 0. The van der Waals surface area contributed by atoms with E-state index in [1.807, 2.05) is 0 Å². The van der Waals surface area contributed by atoms with E-state index in [1.54, 1.807) is 0 Å². The summed E-state index contributed by atoms with van der Waals surface area (Å²) in [7, 11) is 0. The summed E-state index contributed by atoms with van der Waals surface area (Å²) in [6.45, 7) is 1.73.